The van der Waals surface area contributed by atoms with Crippen LogP contribution in [0.1, 0.15) is 40.0 Å². The Kier molecular flexibility index (Phi) is 6.44. The summed E-state index contributed by atoms with van der Waals surface area (Å²) in [6.45, 7) is 7.10. The Hall–Kier alpha value is -0.280. The summed E-state index contributed by atoms with van der Waals surface area (Å²) in [5.74, 6) is 1.18. The van der Waals surface area contributed by atoms with Crippen LogP contribution in [0.4, 0.5) is 0 Å². The highest BCUT2D eigenvalue weighted by molar-refractivity contribution is 6.27. The van der Waals surface area contributed by atoms with Crippen LogP contribution in [0.25, 0.3) is 0 Å². The summed E-state index contributed by atoms with van der Waals surface area (Å²) in [5.41, 5.74) is 0. The Bertz CT molecular complexity index is 263. The van der Waals surface area contributed by atoms with E-state index in [1.807, 2.05) is 11.8 Å². The summed E-state index contributed by atoms with van der Waals surface area (Å²) < 4.78 is 5.20. The van der Waals surface area contributed by atoms with Crippen LogP contribution < -0.4 is 0 Å². The van der Waals surface area contributed by atoms with Gasteiger partial charge in [-0.1, -0.05) is 20.3 Å². The van der Waals surface area contributed by atoms with E-state index >= 15 is 0 Å². The minimum atomic E-state index is 0.0341. The number of hydrogen-bond acceptors (Lipinski definition) is 2. The first-order valence-electron chi connectivity index (χ1n) is 6.89. The number of methoxy groups -OCH3 is 1. The molecule has 1 rings (SSSR count). The van der Waals surface area contributed by atoms with Crippen LogP contribution >= 0.6 is 11.6 Å². The van der Waals surface area contributed by atoms with E-state index in [1.54, 1.807) is 7.11 Å². The summed E-state index contributed by atoms with van der Waals surface area (Å²) in [7, 11) is 1.67. The molecule has 0 aliphatic heterocycles. The first kappa shape index (κ1) is 15.8. The SMILES string of the molecule is COCC(C)N(C(=O)CCl)C1[C@H](C)CCC[C@H]1C. The molecule has 0 saturated heterocycles. The summed E-state index contributed by atoms with van der Waals surface area (Å²) in [5, 5.41) is 0. The van der Waals surface area contributed by atoms with Crippen molar-refractivity contribution in [1.29, 1.82) is 0 Å². The molecule has 0 radical (unpaired) electrons. The smallest absolute Gasteiger partial charge is 0.238 e. The van der Waals surface area contributed by atoms with Gasteiger partial charge in [-0.2, -0.15) is 0 Å². The van der Waals surface area contributed by atoms with Gasteiger partial charge in [-0.05, 0) is 31.6 Å². The monoisotopic (exact) mass is 275 g/mol. The minimum absolute atomic E-state index is 0.0341. The second kappa shape index (κ2) is 7.34. The van der Waals surface area contributed by atoms with E-state index in [0.717, 1.165) is 0 Å². The third-order valence-corrected chi connectivity index (χ3v) is 4.32. The standard InChI is InChI=1S/C14H26ClNO2/c1-10-6-5-7-11(2)14(10)16(13(17)8-15)12(3)9-18-4/h10-12,14H,5-9H2,1-4H3/t10-,11-,12?/m1/s1. The van der Waals surface area contributed by atoms with Crippen LogP contribution in [0.3, 0.4) is 0 Å². The third kappa shape index (κ3) is 3.61. The van der Waals surface area contributed by atoms with Crippen LogP contribution in [0.2, 0.25) is 0 Å². The predicted octanol–water partition coefficient (Wildman–Crippen LogP) is 2.91. The van der Waals surface area contributed by atoms with Crippen LogP contribution in [0.15, 0.2) is 0 Å². The molecule has 0 heterocycles. The fraction of sp³-hybridized carbons (Fsp3) is 0.929. The molecule has 1 unspecified atom stereocenters. The van der Waals surface area contributed by atoms with Crippen LogP contribution in [0, 0.1) is 11.8 Å². The lowest BCUT2D eigenvalue weighted by Gasteiger charge is -2.45. The molecule has 1 aliphatic carbocycles. The molecule has 18 heavy (non-hydrogen) atoms. The van der Waals surface area contributed by atoms with Gasteiger partial charge >= 0.3 is 0 Å². The van der Waals surface area contributed by atoms with Crippen LogP contribution in [0.5, 0.6) is 0 Å². The molecule has 3 atom stereocenters. The molecule has 0 aromatic carbocycles. The highest BCUT2D eigenvalue weighted by Gasteiger charge is 2.37. The third-order valence-electron chi connectivity index (χ3n) is 4.09. The Morgan fingerprint density at radius 1 is 1.39 bits per heavy atom. The van der Waals surface area contributed by atoms with Crippen molar-refractivity contribution in [2.24, 2.45) is 11.8 Å². The van der Waals surface area contributed by atoms with Gasteiger partial charge in [0.2, 0.25) is 5.91 Å². The van der Waals surface area contributed by atoms with E-state index in [1.165, 1.54) is 19.3 Å². The first-order valence-corrected chi connectivity index (χ1v) is 7.42. The molecule has 106 valence electrons. The van der Waals surface area contributed by atoms with E-state index < -0.39 is 0 Å². The second-order valence-corrected chi connectivity index (χ2v) is 5.88. The number of carbonyl (C=O) groups is 1. The van der Waals surface area contributed by atoms with Crippen molar-refractivity contribution in [3.8, 4) is 0 Å². The van der Waals surface area contributed by atoms with Crippen molar-refractivity contribution in [1.82, 2.24) is 4.90 Å². The molecular formula is C14H26ClNO2. The van der Waals surface area contributed by atoms with Gasteiger partial charge < -0.3 is 9.64 Å². The Balaban J connectivity index is 2.89. The number of amides is 1. The van der Waals surface area contributed by atoms with Gasteiger partial charge in [0.05, 0.1) is 12.6 Å². The molecule has 1 saturated carbocycles. The van der Waals surface area contributed by atoms with Gasteiger partial charge in [-0.25, -0.2) is 0 Å². The molecule has 1 fully saturated rings. The van der Waals surface area contributed by atoms with Crippen molar-refractivity contribution >= 4 is 17.5 Å². The highest BCUT2D eigenvalue weighted by atomic mass is 35.5. The van der Waals surface area contributed by atoms with E-state index in [9.17, 15) is 4.79 Å². The predicted molar refractivity (Wildman–Crippen MR) is 74.9 cm³/mol. The number of carbonyl (C=O) groups excluding carboxylic acids is 1. The minimum Gasteiger partial charge on any atom is -0.383 e. The summed E-state index contributed by atoms with van der Waals surface area (Å²) >= 11 is 5.77. The topological polar surface area (TPSA) is 29.5 Å². The second-order valence-electron chi connectivity index (χ2n) is 5.62. The quantitative estimate of drug-likeness (QED) is 0.722. The van der Waals surface area contributed by atoms with Crippen LogP contribution in [-0.4, -0.2) is 42.5 Å². The summed E-state index contributed by atoms with van der Waals surface area (Å²) in [6.07, 6.45) is 3.65. The van der Waals surface area contributed by atoms with Crippen molar-refractivity contribution in [3.05, 3.63) is 0 Å². The van der Waals surface area contributed by atoms with Crippen molar-refractivity contribution in [3.63, 3.8) is 0 Å². The normalized spacial score (nSPS) is 26.9. The number of nitrogens with zero attached hydrogens (tertiary/aromatic N) is 1. The van der Waals surface area contributed by atoms with Gasteiger partial charge in [0.25, 0.3) is 0 Å². The zero-order valence-corrected chi connectivity index (χ0v) is 12.7. The number of ether oxygens (including phenoxy) is 1. The number of alkyl halides is 1. The van der Waals surface area contributed by atoms with Gasteiger partial charge in [-0.3, -0.25) is 4.79 Å². The Labute approximate surface area is 116 Å². The van der Waals surface area contributed by atoms with E-state index in [2.05, 4.69) is 13.8 Å². The highest BCUT2D eigenvalue weighted by Crippen LogP contribution is 2.34. The summed E-state index contributed by atoms with van der Waals surface area (Å²) in [4.78, 5) is 14.1. The average Bonchev–Trinajstić information content (AvgIpc) is 2.33. The number of hydrogen-bond donors (Lipinski definition) is 0. The Morgan fingerprint density at radius 3 is 2.39 bits per heavy atom. The van der Waals surface area contributed by atoms with Gasteiger partial charge in [0, 0.05) is 13.2 Å². The summed E-state index contributed by atoms with van der Waals surface area (Å²) in [6, 6.07) is 0.393. The van der Waals surface area contributed by atoms with Crippen LogP contribution in [-0.2, 0) is 9.53 Å². The molecule has 4 heteroatoms. The lowest BCUT2D eigenvalue weighted by Crippen LogP contribution is -2.54. The average molecular weight is 276 g/mol. The molecule has 0 aromatic heterocycles. The number of halogens is 1. The van der Waals surface area contributed by atoms with Gasteiger partial charge in [0.1, 0.15) is 5.88 Å². The van der Waals surface area contributed by atoms with Gasteiger partial charge in [-0.15, -0.1) is 11.6 Å². The van der Waals surface area contributed by atoms with Gasteiger partial charge in [0.15, 0.2) is 0 Å². The molecule has 0 N–H and O–H groups in total. The van der Waals surface area contributed by atoms with Crippen molar-refractivity contribution in [2.45, 2.75) is 52.1 Å². The largest absolute Gasteiger partial charge is 0.383 e. The zero-order chi connectivity index (χ0) is 13.7. The fourth-order valence-electron chi connectivity index (χ4n) is 3.31. The number of rotatable bonds is 5. The van der Waals surface area contributed by atoms with Crippen molar-refractivity contribution < 1.29 is 9.53 Å². The van der Waals surface area contributed by atoms with Crippen molar-refractivity contribution in [2.75, 3.05) is 19.6 Å². The lowest BCUT2D eigenvalue weighted by atomic mass is 9.77. The molecule has 3 nitrogen and oxygen atoms in total. The molecule has 1 amide bonds. The van der Waals surface area contributed by atoms with E-state index in [0.29, 0.717) is 24.5 Å². The molecule has 1 aliphatic rings. The first-order chi connectivity index (χ1) is 8.52. The maximum absolute atomic E-state index is 12.2. The maximum Gasteiger partial charge on any atom is 0.238 e. The maximum atomic E-state index is 12.2. The molecule has 0 bridgehead atoms. The fourth-order valence-corrected chi connectivity index (χ4v) is 3.45. The molecular weight excluding hydrogens is 250 g/mol. The zero-order valence-electron chi connectivity index (χ0n) is 12.0. The Morgan fingerprint density at radius 2 is 1.94 bits per heavy atom. The van der Waals surface area contributed by atoms with E-state index in [-0.39, 0.29) is 17.8 Å². The molecule has 0 aromatic rings. The van der Waals surface area contributed by atoms with E-state index in [4.69, 9.17) is 16.3 Å². The lowest BCUT2D eigenvalue weighted by molar-refractivity contribution is -0.138. The molecule has 0 spiro atoms.